The number of thiophene rings is 1. The first-order valence-corrected chi connectivity index (χ1v) is 13.0. The van der Waals surface area contributed by atoms with Crippen molar-refractivity contribution in [3.8, 4) is 11.8 Å². The third-order valence-electron chi connectivity index (χ3n) is 7.11. The molecule has 3 aromatic heterocycles. The molecule has 35 heavy (non-hydrogen) atoms. The van der Waals surface area contributed by atoms with Gasteiger partial charge in [0, 0.05) is 36.1 Å². The molecule has 2 N–H and O–H groups in total. The molecular weight excluding hydrogens is 486 g/mol. The van der Waals surface area contributed by atoms with Gasteiger partial charge in [0.2, 0.25) is 17.0 Å². The summed E-state index contributed by atoms with van der Waals surface area (Å²) >= 11 is 7.67. The molecule has 7 rings (SSSR count). The fourth-order valence-electron chi connectivity index (χ4n) is 4.95. The minimum absolute atomic E-state index is 0.0173. The smallest absolute Gasteiger partial charge is 0.264 e. The van der Waals surface area contributed by atoms with Crippen molar-refractivity contribution in [3.63, 3.8) is 0 Å². The number of fused-ring (bicyclic) bond motifs is 6. The van der Waals surface area contributed by atoms with Crippen molar-refractivity contribution in [2.75, 3.05) is 25.0 Å². The fourth-order valence-corrected chi connectivity index (χ4v) is 6.20. The van der Waals surface area contributed by atoms with Crippen molar-refractivity contribution in [2.45, 2.75) is 38.3 Å². The number of hydrogen-bond acceptors (Lipinski definition) is 9. The monoisotopic (exact) mass is 507 g/mol. The lowest BCUT2D eigenvalue weighted by Gasteiger charge is -2.27. The van der Waals surface area contributed by atoms with E-state index in [4.69, 9.17) is 26.3 Å². The zero-order valence-electron chi connectivity index (χ0n) is 19.0. The molecule has 0 unspecified atom stereocenters. The highest BCUT2D eigenvalue weighted by atomic mass is 35.5. The number of halogens is 1. The molecule has 1 spiro atoms. The molecule has 4 aromatic rings. The van der Waals surface area contributed by atoms with Crippen LogP contribution >= 0.6 is 22.9 Å². The number of ether oxygens (including phenoxy) is 1. The maximum atomic E-state index is 12.9. The van der Waals surface area contributed by atoms with E-state index in [1.54, 1.807) is 6.20 Å². The Kier molecular flexibility index (Phi) is 4.67. The summed E-state index contributed by atoms with van der Waals surface area (Å²) < 4.78 is 7.12. The lowest BCUT2D eigenvalue weighted by molar-refractivity contribution is 0.0942. The molecule has 11 heteroatoms. The molecule has 0 saturated heterocycles. The number of benzene rings is 1. The van der Waals surface area contributed by atoms with Gasteiger partial charge in [0.1, 0.15) is 4.88 Å². The van der Waals surface area contributed by atoms with Gasteiger partial charge in [-0.15, -0.1) is 11.3 Å². The summed E-state index contributed by atoms with van der Waals surface area (Å²) in [5, 5.41) is 7.81. The van der Waals surface area contributed by atoms with Gasteiger partial charge in [-0.1, -0.05) is 6.92 Å². The Morgan fingerprint density at radius 3 is 2.97 bits per heavy atom. The van der Waals surface area contributed by atoms with E-state index in [0.29, 0.717) is 28.7 Å². The van der Waals surface area contributed by atoms with Crippen LogP contribution in [0.3, 0.4) is 0 Å². The Labute approximate surface area is 209 Å². The average molecular weight is 508 g/mol. The zero-order chi connectivity index (χ0) is 23.7. The van der Waals surface area contributed by atoms with E-state index in [-0.39, 0.29) is 16.7 Å². The summed E-state index contributed by atoms with van der Waals surface area (Å²) in [4.78, 5) is 34.1. The first-order chi connectivity index (χ1) is 17.0. The SMILES string of the molecule is CCN1CCc2nc(Cl)nc(Oc3cnc4c(ccc5sc6c(c54)NCC4(CC4)NC6=O)n3)c2C1. The molecule has 0 radical (unpaired) electrons. The Morgan fingerprint density at radius 1 is 1.26 bits per heavy atom. The van der Waals surface area contributed by atoms with Crippen LogP contribution in [-0.2, 0) is 13.0 Å². The molecule has 1 saturated carbocycles. The van der Waals surface area contributed by atoms with Crippen LogP contribution < -0.4 is 15.4 Å². The van der Waals surface area contributed by atoms with E-state index >= 15 is 0 Å². The summed E-state index contributed by atoms with van der Waals surface area (Å²) in [6.07, 6.45) is 4.42. The highest BCUT2D eigenvalue weighted by molar-refractivity contribution is 7.21. The highest BCUT2D eigenvalue weighted by Gasteiger charge is 2.46. The minimum Gasteiger partial charge on any atom is -0.418 e. The Morgan fingerprint density at radius 2 is 2.14 bits per heavy atom. The maximum Gasteiger partial charge on any atom is 0.264 e. The largest absolute Gasteiger partial charge is 0.418 e. The van der Waals surface area contributed by atoms with Gasteiger partial charge in [0.25, 0.3) is 5.91 Å². The third-order valence-corrected chi connectivity index (χ3v) is 8.43. The van der Waals surface area contributed by atoms with Crippen LogP contribution in [0.5, 0.6) is 11.8 Å². The van der Waals surface area contributed by atoms with Gasteiger partial charge in [-0.2, -0.15) is 4.98 Å². The summed E-state index contributed by atoms with van der Waals surface area (Å²) in [6, 6.07) is 3.90. The molecule has 2 aliphatic heterocycles. The zero-order valence-corrected chi connectivity index (χ0v) is 20.6. The molecule has 3 aliphatic rings. The van der Waals surface area contributed by atoms with E-state index in [2.05, 4.69) is 32.4 Å². The van der Waals surface area contributed by atoms with Crippen molar-refractivity contribution in [1.29, 1.82) is 0 Å². The van der Waals surface area contributed by atoms with Gasteiger partial charge in [0.05, 0.1) is 39.7 Å². The standard InChI is InChI=1S/C24H22ClN7O2S/c1-2-32-8-5-13-12(10-32)22(30-23(25)29-13)34-16-9-26-18-14(28-16)3-4-15-17(18)19-20(35-15)21(33)31-24(6-7-24)11-27-19/h3-4,9,27H,2,5-8,10-11H2,1H3,(H,31,33). The van der Waals surface area contributed by atoms with Crippen molar-refractivity contribution in [2.24, 2.45) is 0 Å². The van der Waals surface area contributed by atoms with Crippen LogP contribution in [-0.4, -0.2) is 55.9 Å². The molecule has 0 bridgehead atoms. The number of nitrogens with one attached hydrogen (secondary N) is 2. The number of amides is 1. The second kappa shape index (κ2) is 7.71. The molecule has 0 atom stereocenters. The first-order valence-electron chi connectivity index (χ1n) is 11.8. The quantitative estimate of drug-likeness (QED) is 0.398. The van der Waals surface area contributed by atoms with E-state index in [0.717, 1.165) is 71.4 Å². The molecule has 1 amide bonds. The lowest BCUT2D eigenvalue weighted by atomic mass is 10.1. The predicted molar refractivity (Wildman–Crippen MR) is 135 cm³/mol. The average Bonchev–Trinajstić information content (AvgIpc) is 3.54. The van der Waals surface area contributed by atoms with Crippen molar-refractivity contribution in [1.82, 2.24) is 30.2 Å². The summed E-state index contributed by atoms with van der Waals surface area (Å²) in [5.74, 6) is 0.744. The molecule has 9 nitrogen and oxygen atoms in total. The van der Waals surface area contributed by atoms with Crippen LogP contribution in [0, 0.1) is 0 Å². The van der Waals surface area contributed by atoms with Crippen LogP contribution in [0.15, 0.2) is 18.3 Å². The van der Waals surface area contributed by atoms with Crippen LogP contribution in [0.25, 0.3) is 21.1 Å². The number of carbonyl (C=O) groups excluding carboxylic acids is 1. The van der Waals surface area contributed by atoms with E-state index in [1.165, 1.54) is 11.3 Å². The van der Waals surface area contributed by atoms with Gasteiger partial charge < -0.3 is 15.4 Å². The summed E-state index contributed by atoms with van der Waals surface area (Å²) in [5.41, 5.74) is 4.01. The number of hydrogen-bond donors (Lipinski definition) is 2. The Balaban J connectivity index is 1.28. The van der Waals surface area contributed by atoms with Crippen molar-refractivity contribution in [3.05, 3.63) is 39.7 Å². The third kappa shape index (κ3) is 3.50. The second-order valence-electron chi connectivity index (χ2n) is 9.35. The van der Waals surface area contributed by atoms with E-state index in [1.807, 2.05) is 12.1 Å². The first kappa shape index (κ1) is 21.2. The number of likely N-dealkylation sites (N-methyl/N-ethyl adjacent to an activating group) is 1. The van der Waals surface area contributed by atoms with Crippen LogP contribution in [0.4, 0.5) is 5.69 Å². The van der Waals surface area contributed by atoms with Gasteiger partial charge in [-0.25, -0.2) is 15.0 Å². The number of rotatable bonds is 3. The summed E-state index contributed by atoms with van der Waals surface area (Å²) in [7, 11) is 0. The molecule has 1 fully saturated rings. The minimum atomic E-state index is -0.106. The maximum absolute atomic E-state index is 12.9. The highest BCUT2D eigenvalue weighted by Crippen LogP contribution is 2.44. The van der Waals surface area contributed by atoms with E-state index < -0.39 is 0 Å². The van der Waals surface area contributed by atoms with Gasteiger partial charge >= 0.3 is 0 Å². The predicted octanol–water partition coefficient (Wildman–Crippen LogP) is 4.15. The Bertz CT molecular complexity index is 1530. The molecule has 178 valence electrons. The van der Waals surface area contributed by atoms with Gasteiger partial charge in [0.15, 0.2) is 0 Å². The lowest BCUT2D eigenvalue weighted by Crippen LogP contribution is -2.39. The van der Waals surface area contributed by atoms with Gasteiger partial charge in [-0.05, 0) is 43.1 Å². The molecule has 1 aromatic carbocycles. The number of nitrogens with zero attached hydrogens (tertiary/aromatic N) is 5. The van der Waals surface area contributed by atoms with Crippen LogP contribution in [0.1, 0.15) is 40.7 Å². The normalized spacial score (nSPS) is 18.6. The second-order valence-corrected chi connectivity index (χ2v) is 10.7. The fraction of sp³-hybridized carbons (Fsp3) is 0.375. The van der Waals surface area contributed by atoms with E-state index in [9.17, 15) is 4.79 Å². The Hall–Kier alpha value is -3.08. The van der Waals surface area contributed by atoms with Gasteiger partial charge in [-0.3, -0.25) is 9.69 Å². The number of carbonyl (C=O) groups is 1. The summed E-state index contributed by atoms with van der Waals surface area (Å²) in [6.45, 7) is 5.42. The molecule has 1 aliphatic carbocycles. The molecular formula is C24H22ClN7O2S. The number of aromatic nitrogens is 4. The molecule has 5 heterocycles. The topological polar surface area (TPSA) is 105 Å². The van der Waals surface area contributed by atoms with Crippen molar-refractivity contribution < 1.29 is 9.53 Å². The van der Waals surface area contributed by atoms with Crippen LogP contribution in [0.2, 0.25) is 5.28 Å². The number of anilines is 1. The van der Waals surface area contributed by atoms with Crippen molar-refractivity contribution >= 4 is 55.7 Å².